The molecule has 0 amide bonds. The first kappa shape index (κ1) is 21.8. The van der Waals surface area contributed by atoms with Crippen LogP contribution in [0.5, 0.6) is 0 Å². The van der Waals surface area contributed by atoms with Crippen LogP contribution in [0.15, 0.2) is 41.6 Å². The molecule has 4 rings (SSSR count). The maximum absolute atomic E-state index is 12.9. The fraction of sp³-hybridized carbons (Fsp3) is 0.571. The minimum Gasteiger partial charge on any atom is -0.366 e. The lowest BCUT2D eigenvalue weighted by Gasteiger charge is -2.33. The fourth-order valence-corrected chi connectivity index (χ4v) is 5.94. The van der Waals surface area contributed by atoms with E-state index in [1.807, 2.05) is 21.8 Å². The lowest BCUT2D eigenvalue weighted by molar-refractivity contribution is -0.384. The van der Waals surface area contributed by atoms with Crippen molar-refractivity contribution in [2.24, 2.45) is 5.92 Å². The number of hydrogen-bond acceptors (Lipinski definition) is 6. The van der Waals surface area contributed by atoms with Crippen molar-refractivity contribution >= 4 is 21.4 Å². The van der Waals surface area contributed by atoms with Gasteiger partial charge in [0, 0.05) is 37.6 Å². The molecule has 1 saturated heterocycles. The Kier molecular flexibility index (Phi) is 6.29. The molecule has 1 aliphatic carbocycles. The molecule has 0 atom stereocenters. The number of aromatic nitrogens is 2. The minimum absolute atomic E-state index is 0.0481. The van der Waals surface area contributed by atoms with E-state index >= 15 is 0 Å². The van der Waals surface area contributed by atoms with Gasteiger partial charge in [0.2, 0.25) is 10.0 Å². The molecule has 0 unspecified atom stereocenters. The zero-order valence-corrected chi connectivity index (χ0v) is 18.5. The number of rotatable bonds is 6. The molecule has 168 valence electrons. The lowest BCUT2D eigenvalue weighted by Crippen LogP contribution is -2.37. The average Bonchev–Trinajstić information content (AvgIpc) is 3.30. The second-order valence-electron chi connectivity index (χ2n) is 8.69. The van der Waals surface area contributed by atoms with Crippen LogP contribution in [-0.4, -0.2) is 42.3 Å². The summed E-state index contributed by atoms with van der Waals surface area (Å²) in [7, 11) is -3.80. The predicted molar refractivity (Wildman–Crippen MR) is 118 cm³/mol. The van der Waals surface area contributed by atoms with Crippen molar-refractivity contribution < 1.29 is 13.3 Å². The SMILES string of the molecule is CC1CCC(NS(=O)(=O)c2ccc(N3CCC(n4cccn4)CC3)c([N+](=O)[O-])c2)CC1. The Labute approximate surface area is 182 Å². The highest BCUT2D eigenvalue weighted by atomic mass is 32.2. The van der Waals surface area contributed by atoms with Gasteiger partial charge in [-0.25, -0.2) is 13.1 Å². The summed E-state index contributed by atoms with van der Waals surface area (Å²) >= 11 is 0. The van der Waals surface area contributed by atoms with Crippen LogP contribution in [0.1, 0.15) is 51.5 Å². The lowest BCUT2D eigenvalue weighted by atomic mass is 9.88. The zero-order chi connectivity index (χ0) is 22.0. The Balaban J connectivity index is 1.50. The summed E-state index contributed by atoms with van der Waals surface area (Å²) in [4.78, 5) is 13.2. The third kappa shape index (κ3) is 4.90. The van der Waals surface area contributed by atoms with Gasteiger partial charge in [-0.3, -0.25) is 14.8 Å². The molecule has 2 fully saturated rings. The topological polar surface area (TPSA) is 110 Å². The van der Waals surface area contributed by atoms with Crippen molar-refractivity contribution in [2.45, 2.75) is 62.4 Å². The summed E-state index contributed by atoms with van der Waals surface area (Å²) in [5, 5.41) is 16.1. The molecule has 2 heterocycles. The molecule has 0 spiro atoms. The number of hydrogen-bond donors (Lipinski definition) is 1. The molecular formula is C21H29N5O4S. The summed E-state index contributed by atoms with van der Waals surface area (Å²) in [6.45, 7) is 3.47. The van der Waals surface area contributed by atoms with E-state index in [1.165, 1.54) is 12.1 Å². The van der Waals surface area contributed by atoms with Gasteiger partial charge in [-0.1, -0.05) is 6.92 Å². The van der Waals surface area contributed by atoms with Gasteiger partial charge >= 0.3 is 0 Å². The summed E-state index contributed by atoms with van der Waals surface area (Å²) in [5.41, 5.74) is 0.298. The molecule has 10 heteroatoms. The molecule has 1 aromatic heterocycles. The molecule has 9 nitrogen and oxygen atoms in total. The van der Waals surface area contributed by atoms with E-state index < -0.39 is 14.9 Å². The second kappa shape index (κ2) is 8.96. The van der Waals surface area contributed by atoms with E-state index in [-0.39, 0.29) is 22.7 Å². The van der Waals surface area contributed by atoms with E-state index in [0.717, 1.165) is 38.5 Å². The largest absolute Gasteiger partial charge is 0.366 e. The molecular weight excluding hydrogens is 418 g/mol. The van der Waals surface area contributed by atoms with Gasteiger partial charge in [0.15, 0.2) is 0 Å². The molecule has 31 heavy (non-hydrogen) atoms. The van der Waals surface area contributed by atoms with Crippen LogP contribution in [0.25, 0.3) is 0 Å². The minimum atomic E-state index is -3.80. The number of nitro groups is 1. The van der Waals surface area contributed by atoms with Crippen molar-refractivity contribution in [2.75, 3.05) is 18.0 Å². The van der Waals surface area contributed by atoms with E-state index in [2.05, 4.69) is 16.7 Å². The molecule has 2 aromatic rings. The maximum atomic E-state index is 12.9. The molecule has 1 saturated carbocycles. The smallest absolute Gasteiger partial charge is 0.293 e. The fourth-order valence-electron chi connectivity index (χ4n) is 4.62. The Bertz CT molecular complexity index is 1010. The summed E-state index contributed by atoms with van der Waals surface area (Å²) in [6, 6.07) is 6.30. The molecule has 2 aliphatic rings. The van der Waals surface area contributed by atoms with Crippen LogP contribution in [0, 0.1) is 16.0 Å². The highest BCUT2D eigenvalue weighted by molar-refractivity contribution is 7.89. The first-order valence-corrected chi connectivity index (χ1v) is 12.4. The highest BCUT2D eigenvalue weighted by Crippen LogP contribution is 2.34. The summed E-state index contributed by atoms with van der Waals surface area (Å²) < 4.78 is 30.4. The first-order valence-electron chi connectivity index (χ1n) is 10.9. The number of nitrogens with zero attached hydrogens (tertiary/aromatic N) is 4. The monoisotopic (exact) mass is 447 g/mol. The Morgan fingerprint density at radius 3 is 2.45 bits per heavy atom. The van der Waals surface area contributed by atoms with Crippen molar-refractivity contribution in [1.29, 1.82) is 0 Å². The molecule has 1 aromatic carbocycles. The van der Waals surface area contributed by atoms with Gasteiger partial charge in [0.1, 0.15) is 5.69 Å². The standard InChI is InChI=1S/C21H29N5O4S/c1-16-3-5-17(6-4-16)23-31(29,30)19-7-8-20(21(15-19)26(27)28)24-13-9-18(10-14-24)25-12-2-11-22-25/h2,7-8,11-12,15-18,23H,3-6,9-10,13-14H2,1H3. The third-order valence-electron chi connectivity index (χ3n) is 6.50. The van der Waals surface area contributed by atoms with Gasteiger partial charge in [0.25, 0.3) is 5.69 Å². The van der Waals surface area contributed by atoms with Crippen molar-refractivity contribution in [3.63, 3.8) is 0 Å². The highest BCUT2D eigenvalue weighted by Gasteiger charge is 2.29. The van der Waals surface area contributed by atoms with Crippen LogP contribution >= 0.6 is 0 Å². The number of sulfonamides is 1. The van der Waals surface area contributed by atoms with Gasteiger partial charge in [-0.05, 0) is 62.6 Å². The number of anilines is 1. The second-order valence-corrected chi connectivity index (χ2v) is 10.4. The summed E-state index contributed by atoms with van der Waals surface area (Å²) in [5.74, 6) is 0.610. The number of nitrogens with one attached hydrogen (secondary N) is 1. The van der Waals surface area contributed by atoms with Crippen LogP contribution in [0.3, 0.4) is 0 Å². The van der Waals surface area contributed by atoms with E-state index in [0.29, 0.717) is 24.7 Å². The van der Waals surface area contributed by atoms with E-state index in [1.54, 1.807) is 12.3 Å². The third-order valence-corrected chi connectivity index (χ3v) is 8.01. The van der Waals surface area contributed by atoms with Gasteiger partial charge in [-0.15, -0.1) is 0 Å². The van der Waals surface area contributed by atoms with Crippen LogP contribution in [0.4, 0.5) is 11.4 Å². The Hall–Kier alpha value is -2.46. The van der Waals surface area contributed by atoms with Crippen molar-refractivity contribution in [3.05, 3.63) is 46.8 Å². The molecule has 1 aliphatic heterocycles. The Morgan fingerprint density at radius 1 is 1.13 bits per heavy atom. The number of benzene rings is 1. The van der Waals surface area contributed by atoms with E-state index in [9.17, 15) is 18.5 Å². The number of nitro benzene ring substituents is 1. The Morgan fingerprint density at radius 2 is 1.84 bits per heavy atom. The quantitative estimate of drug-likeness (QED) is 0.536. The normalized spacial score (nSPS) is 23.1. The van der Waals surface area contributed by atoms with Gasteiger partial charge in [0.05, 0.1) is 15.9 Å². The average molecular weight is 448 g/mol. The van der Waals surface area contributed by atoms with Crippen molar-refractivity contribution in [1.82, 2.24) is 14.5 Å². The molecule has 1 N–H and O–H groups in total. The van der Waals surface area contributed by atoms with E-state index in [4.69, 9.17) is 0 Å². The molecule has 0 radical (unpaired) electrons. The van der Waals surface area contributed by atoms with Crippen molar-refractivity contribution in [3.8, 4) is 0 Å². The van der Waals surface area contributed by atoms with Gasteiger partial charge < -0.3 is 4.90 Å². The van der Waals surface area contributed by atoms with Crippen LogP contribution in [-0.2, 0) is 10.0 Å². The first-order chi connectivity index (χ1) is 14.8. The molecule has 0 bridgehead atoms. The maximum Gasteiger partial charge on any atom is 0.293 e. The van der Waals surface area contributed by atoms with Gasteiger partial charge in [-0.2, -0.15) is 5.10 Å². The number of piperidine rings is 1. The summed E-state index contributed by atoms with van der Waals surface area (Å²) in [6.07, 6.45) is 8.89. The van der Waals surface area contributed by atoms with Crippen LogP contribution in [0.2, 0.25) is 0 Å². The predicted octanol–water partition coefficient (Wildman–Crippen LogP) is 3.49. The zero-order valence-electron chi connectivity index (χ0n) is 17.7. The van der Waals surface area contributed by atoms with Crippen LogP contribution < -0.4 is 9.62 Å².